The molecular formula is C16H28Cl2N2. The van der Waals surface area contributed by atoms with Crippen LogP contribution in [0, 0.1) is 0 Å². The Morgan fingerprint density at radius 3 is 2.30 bits per heavy atom. The molecule has 20 heavy (non-hydrogen) atoms. The predicted octanol–water partition coefficient (Wildman–Crippen LogP) is 4.06. The highest BCUT2D eigenvalue weighted by Gasteiger charge is 2.21. The largest absolute Gasteiger partial charge is 0.314 e. The molecule has 0 radical (unpaired) electrons. The number of piperazine rings is 1. The molecule has 1 saturated heterocycles. The molecule has 2 rings (SSSR count). The van der Waals surface area contributed by atoms with Gasteiger partial charge >= 0.3 is 0 Å². The van der Waals surface area contributed by atoms with E-state index < -0.39 is 0 Å². The van der Waals surface area contributed by atoms with Crippen LogP contribution in [0.15, 0.2) is 30.3 Å². The summed E-state index contributed by atoms with van der Waals surface area (Å²) in [6.45, 7) is 6.92. The molecule has 1 fully saturated rings. The number of hydrogen-bond donors (Lipinski definition) is 1. The maximum atomic E-state index is 3.45. The quantitative estimate of drug-likeness (QED) is 0.796. The lowest BCUT2D eigenvalue weighted by Crippen LogP contribution is -2.45. The van der Waals surface area contributed by atoms with Crippen molar-refractivity contribution in [1.29, 1.82) is 0 Å². The van der Waals surface area contributed by atoms with Gasteiger partial charge in [0, 0.05) is 32.2 Å². The summed E-state index contributed by atoms with van der Waals surface area (Å²) in [5.41, 5.74) is 1.50. The van der Waals surface area contributed by atoms with Crippen LogP contribution in [-0.4, -0.2) is 31.1 Å². The fourth-order valence-corrected chi connectivity index (χ4v) is 2.82. The van der Waals surface area contributed by atoms with Crippen molar-refractivity contribution in [3.63, 3.8) is 0 Å². The van der Waals surface area contributed by atoms with Crippen molar-refractivity contribution in [1.82, 2.24) is 10.2 Å². The first kappa shape index (κ1) is 19.7. The van der Waals surface area contributed by atoms with Gasteiger partial charge in [0.15, 0.2) is 0 Å². The molecule has 0 aliphatic carbocycles. The zero-order valence-corrected chi connectivity index (χ0v) is 14.0. The first-order valence-electron chi connectivity index (χ1n) is 7.41. The summed E-state index contributed by atoms with van der Waals surface area (Å²) >= 11 is 0. The van der Waals surface area contributed by atoms with E-state index in [0.29, 0.717) is 6.04 Å². The van der Waals surface area contributed by atoms with Crippen molar-refractivity contribution >= 4 is 24.8 Å². The SMILES string of the molecule is CCCCC[C@H](c1ccccc1)N1CCNCC1.Cl.Cl. The fourth-order valence-electron chi connectivity index (χ4n) is 2.82. The van der Waals surface area contributed by atoms with Gasteiger partial charge in [0.1, 0.15) is 0 Å². The zero-order valence-electron chi connectivity index (χ0n) is 12.4. The minimum Gasteiger partial charge on any atom is -0.314 e. The van der Waals surface area contributed by atoms with Crippen LogP contribution in [0.25, 0.3) is 0 Å². The molecule has 0 spiro atoms. The number of benzene rings is 1. The Labute approximate surface area is 136 Å². The van der Waals surface area contributed by atoms with Crippen molar-refractivity contribution in [2.24, 2.45) is 0 Å². The Morgan fingerprint density at radius 1 is 1.05 bits per heavy atom. The van der Waals surface area contributed by atoms with Crippen LogP contribution in [0.1, 0.15) is 44.2 Å². The fraction of sp³-hybridized carbons (Fsp3) is 0.625. The molecule has 0 amide bonds. The minimum atomic E-state index is 0. The van der Waals surface area contributed by atoms with Gasteiger partial charge in [-0.1, -0.05) is 56.5 Å². The second kappa shape index (κ2) is 11.4. The molecular weight excluding hydrogens is 291 g/mol. The Hall–Kier alpha value is -0.280. The molecule has 1 aromatic carbocycles. The van der Waals surface area contributed by atoms with Crippen LogP contribution >= 0.6 is 24.8 Å². The van der Waals surface area contributed by atoms with Gasteiger partial charge in [-0.3, -0.25) is 4.90 Å². The van der Waals surface area contributed by atoms with Crippen molar-refractivity contribution in [3.8, 4) is 0 Å². The second-order valence-electron chi connectivity index (χ2n) is 5.21. The third kappa shape index (κ3) is 6.01. The summed E-state index contributed by atoms with van der Waals surface area (Å²) < 4.78 is 0. The number of halogens is 2. The molecule has 1 atom stereocenters. The van der Waals surface area contributed by atoms with Crippen LogP contribution in [0.4, 0.5) is 0 Å². The first-order valence-corrected chi connectivity index (χ1v) is 7.41. The van der Waals surface area contributed by atoms with E-state index in [-0.39, 0.29) is 24.8 Å². The van der Waals surface area contributed by atoms with E-state index in [2.05, 4.69) is 47.5 Å². The summed E-state index contributed by atoms with van der Waals surface area (Å²) in [7, 11) is 0. The number of hydrogen-bond acceptors (Lipinski definition) is 2. The molecule has 1 aromatic rings. The van der Waals surface area contributed by atoms with Crippen molar-refractivity contribution in [2.45, 2.75) is 38.6 Å². The average Bonchev–Trinajstić information content (AvgIpc) is 2.46. The average molecular weight is 319 g/mol. The second-order valence-corrected chi connectivity index (χ2v) is 5.21. The lowest BCUT2D eigenvalue weighted by Gasteiger charge is -2.35. The third-order valence-corrected chi connectivity index (χ3v) is 3.86. The van der Waals surface area contributed by atoms with Gasteiger partial charge in [-0.2, -0.15) is 0 Å². The maximum absolute atomic E-state index is 3.45. The molecule has 1 aliphatic rings. The summed E-state index contributed by atoms with van der Waals surface area (Å²) in [5.74, 6) is 0. The molecule has 2 nitrogen and oxygen atoms in total. The van der Waals surface area contributed by atoms with Crippen LogP contribution in [0.3, 0.4) is 0 Å². The highest BCUT2D eigenvalue weighted by atomic mass is 35.5. The molecule has 116 valence electrons. The highest BCUT2D eigenvalue weighted by molar-refractivity contribution is 5.85. The van der Waals surface area contributed by atoms with E-state index in [1.54, 1.807) is 0 Å². The minimum absolute atomic E-state index is 0. The molecule has 4 heteroatoms. The Balaban J connectivity index is 0.00000180. The van der Waals surface area contributed by atoms with Gasteiger partial charge in [0.2, 0.25) is 0 Å². The summed E-state index contributed by atoms with van der Waals surface area (Å²) in [4.78, 5) is 2.65. The van der Waals surface area contributed by atoms with Crippen LogP contribution in [0.2, 0.25) is 0 Å². The summed E-state index contributed by atoms with van der Waals surface area (Å²) in [6.07, 6.45) is 5.32. The zero-order chi connectivity index (χ0) is 12.6. The molecule has 1 heterocycles. The number of nitrogens with zero attached hydrogens (tertiary/aromatic N) is 1. The van der Waals surface area contributed by atoms with Crippen molar-refractivity contribution in [3.05, 3.63) is 35.9 Å². The standard InChI is InChI=1S/C16H26N2.2ClH/c1-2-3-5-10-16(15-8-6-4-7-9-15)18-13-11-17-12-14-18;;/h4,6-9,16-17H,2-3,5,10-14H2,1H3;2*1H/t16-;;/m1../s1. The maximum Gasteiger partial charge on any atom is 0.0349 e. The van der Waals surface area contributed by atoms with E-state index in [4.69, 9.17) is 0 Å². The van der Waals surface area contributed by atoms with Crippen LogP contribution in [-0.2, 0) is 0 Å². The highest BCUT2D eigenvalue weighted by Crippen LogP contribution is 2.26. The van der Waals surface area contributed by atoms with Crippen LogP contribution in [0.5, 0.6) is 0 Å². The third-order valence-electron chi connectivity index (χ3n) is 3.86. The van der Waals surface area contributed by atoms with Crippen molar-refractivity contribution in [2.75, 3.05) is 26.2 Å². The Kier molecular flexibility index (Phi) is 11.2. The first-order chi connectivity index (χ1) is 8.92. The van der Waals surface area contributed by atoms with Crippen LogP contribution < -0.4 is 5.32 Å². The molecule has 1 aliphatic heterocycles. The van der Waals surface area contributed by atoms with E-state index in [0.717, 1.165) is 13.1 Å². The Bertz CT molecular complexity index is 327. The van der Waals surface area contributed by atoms with Gasteiger partial charge in [0.25, 0.3) is 0 Å². The van der Waals surface area contributed by atoms with Gasteiger partial charge < -0.3 is 5.32 Å². The molecule has 0 aromatic heterocycles. The van der Waals surface area contributed by atoms with E-state index >= 15 is 0 Å². The van der Waals surface area contributed by atoms with Gasteiger partial charge in [-0.25, -0.2) is 0 Å². The van der Waals surface area contributed by atoms with Gasteiger partial charge in [-0.05, 0) is 12.0 Å². The van der Waals surface area contributed by atoms with E-state index in [9.17, 15) is 0 Å². The normalized spacial score (nSPS) is 16.9. The topological polar surface area (TPSA) is 15.3 Å². The smallest absolute Gasteiger partial charge is 0.0349 e. The Morgan fingerprint density at radius 2 is 1.70 bits per heavy atom. The number of rotatable bonds is 6. The summed E-state index contributed by atoms with van der Waals surface area (Å²) in [6, 6.07) is 11.7. The van der Waals surface area contributed by atoms with Gasteiger partial charge in [0.05, 0.1) is 0 Å². The molecule has 0 unspecified atom stereocenters. The van der Waals surface area contributed by atoms with Crippen molar-refractivity contribution < 1.29 is 0 Å². The summed E-state index contributed by atoms with van der Waals surface area (Å²) in [5, 5.41) is 3.45. The lowest BCUT2D eigenvalue weighted by atomic mass is 9.98. The van der Waals surface area contributed by atoms with Gasteiger partial charge in [-0.15, -0.1) is 24.8 Å². The number of nitrogens with one attached hydrogen (secondary N) is 1. The molecule has 0 bridgehead atoms. The lowest BCUT2D eigenvalue weighted by molar-refractivity contribution is 0.163. The number of unbranched alkanes of at least 4 members (excludes halogenated alkanes) is 2. The predicted molar refractivity (Wildman–Crippen MR) is 92.3 cm³/mol. The monoisotopic (exact) mass is 318 g/mol. The molecule has 1 N–H and O–H groups in total. The molecule has 0 saturated carbocycles. The van der Waals surface area contributed by atoms with E-state index in [1.165, 1.54) is 44.3 Å². The van der Waals surface area contributed by atoms with E-state index in [1.807, 2.05) is 0 Å².